The molecule has 1 aromatic rings. The predicted molar refractivity (Wildman–Crippen MR) is 69.6 cm³/mol. The van der Waals surface area contributed by atoms with Crippen molar-refractivity contribution in [2.75, 3.05) is 23.6 Å². The summed E-state index contributed by atoms with van der Waals surface area (Å²) in [6.07, 6.45) is 0.939. The van der Waals surface area contributed by atoms with Gasteiger partial charge in [-0.1, -0.05) is 17.7 Å². The average Bonchev–Trinajstić information content (AvgIpc) is 2.73. The van der Waals surface area contributed by atoms with Crippen molar-refractivity contribution in [3.63, 3.8) is 0 Å². The number of hydrogen-bond acceptors (Lipinski definition) is 3. The maximum atomic E-state index is 11.9. The summed E-state index contributed by atoms with van der Waals surface area (Å²) in [6, 6.07) is 7.38. The van der Waals surface area contributed by atoms with Gasteiger partial charge in [-0.15, -0.1) is 0 Å². The highest BCUT2D eigenvalue weighted by Crippen LogP contribution is 2.15. The number of rotatable bonds is 4. The van der Waals surface area contributed by atoms with Crippen LogP contribution in [0, 0.1) is 12.8 Å². The van der Waals surface area contributed by atoms with Crippen molar-refractivity contribution in [1.82, 2.24) is 5.32 Å². The Morgan fingerprint density at radius 1 is 1.35 bits per heavy atom. The van der Waals surface area contributed by atoms with Gasteiger partial charge in [0.1, 0.15) is 0 Å². The van der Waals surface area contributed by atoms with E-state index in [9.17, 15) is 8.42 Å². The van der Waals surface area contributed by atoms with E-state index in [-0.39, 0.29) is 11.7 Å². The monoisotopic (exact) mass is 254 g/mol. The molecule has 1 heterocycles. The van der Waals surface area contributed by atoms with Gasteiger partial charge in [0.2, 0.25) is 10.0 Å². The number of benzene rings is 1. The first kappa shape index (κ1) is 12.4. The van der Waals surface area contributed by atoms with Gasteiger partial charge in [0.05, 0.1) is 5.75 Å². The molecule has 0 aliphatic carbocycles. The van der Waals surface area contributed by atoms with E-state index in [0.29, 0.717) is 5.69 Å². The zero-order chi connectivity index (χ0) is 12.3. The van der Waals surface area contributed by atoms with Crippen LogP contribution in [0.2, 0.25) is 0 Å². The van der Waals surface area contributed by atoms with Gasteiger partial charge in [-0.3, -0.25) is 4.72 Å². The molecule has 0 amide bonds. The zero-order valence-electron chi connectivity index (χ0n) is 9.94. The van der Waals surface area contributed by atoms with Crippen molar-refractivity contribution in [3.8, 4) is 0 Å². The molecule has 94 valence electrons. The highest BCUT2D eigenvalue weighted by Gasteiger charge is 2.22. The van der Waals surface area contributed by atoms with E-state index in [1.165, 1.54) is 0 Å². The lowest BCUT2D eigenvalue weighted by Crippen LogP contribution is -2.24. The minimum Gasteiger partial charge on any atom is -0.316 e. The Bertz CT molecular complexity index is 462. The minimum atomic E-state index is -3.22. The van der Waals surface area contributed by atoms with E-state index in [1.54, 1.807) is 12.1 Å². The third-order valence-corrected chi connectivity index (χ3v) is 4.40. The summed E-state index contributed by atoms with van der Waals surface area (Å²) in [5.74, 6) is 0.436. The molecule has 1 saturated heterocycles. The number of anilines is 1. The van der Waals surface area contributed by atoms with Gasteiger partial charge in [0.25, 0.3) is 0 Å². The third-order valence-electron chi connectivity index (χ3n) is 2.94. The summed E-state index contributed by atoms with van der Waals surface area (Å²) in [6.45, 7) is 3.70. The fourth-order valence-electron chi connectivity index (χ4n) is 2.01. The fraction of sp³-hybridized carbons (Fsp3) is 0.500. The minimum absolute atomic E-state index is 0.202. The van der Waals surface area contributed by atoms with Crippen molar-refractivity contribution in [1.29, 1.82) is 0 Å². The topological polar surface area (TPSA) is 58.2 Å². The van der Waals surface area contributed by atoms with Crippen molar-refractivity contribution in [2.24, 2.45) is 5.92 Å². The van der Waals surface area contributed by atoms with Crippen LogP contribution in [-0.2, 0) is 10.0 Å². The molecule has 1 aliphatic heterocycles. The first-order valence-corrected chi connectivity index (χ1v) is 7.48. The van der Waals surface area contributed by atoms with Gasteiger partial charge in [0, 0.05) is 5.69 Å². The lowest BCUT2D eigenvalue weighted by atomic mass is 10.2. The molecule has 0 radical (unpaired) electrons. The Kier molecular flexibility index (Phi) is 3.69. The van der Waals surface area contributed by atoms with E-state index in [1.807, 2.05) is 19.1 Å². The van der Waals surface area contributed by atoms with Crippen molar-refractivity contribution < 1.29 is 8.42 Å². The Balaban J connectivity index is 1.98. The smallest absolute Gasteiger partial charge is 0.233 e. The van der Waals surface area contributed by atoms with Gasteiger partial charge < -0.3 is 5.32 Å². The Labute approximate surface area is 102 Å². The van der Waals surface area contributed by atoms with E-state index < -0.39 is 10.0 Å². The maximum absolute atomic E-state index is 11.9. The van der Waals surface area contributed by atoms with Crippen LogP contribution in [0.1, 0.15) is 12.0 Å². The molecular weight excluding hydrogens is 236 g/mol. The number of aryl methyl sites for hydroxylation is 1. The van der Waals surface area contributed by atoms with Gasteiger partial charge in [0.15, 0.2) is 0 Å². The molecule has 0 saturated carbocycles. The molecule has 2 N–H and O–H groups in total. The van der Waals surface area contributed by atoms with Crippen LogP contribution < -0.4 is 10.0 Å². The molecule has 1 atom stereocenters. The second-order valence-corrected chi connectivity index (χ2v) is 6.38. The van der Waals surface area contributed by atoms with E-state index in [0.717, 1.165) is 25.1 Å². The molecule has 1 fully saturated rings. The van der Waals surface area contributed by atoms with Crippen LogP contribution in [0.15, 0.2) is 24.3 Å². The van der Waals surface area contributed by atoms with Crippen molar-refractivity contribution in [3.05, 3.63) is 29.8 Å². The van der Waals surface area contributed by atoms with Gasteiger partial charge in [-0.05, 0) is 44.5 Å². The molecule has 0 spiro atoms. The van der Waals surface area contributed by atoms with Crippen LogP contribution in [0.25, 0.3) is 0 Å². The molecule has 1 aliphatic rings. The molecule has 0 bridgehead atoms. The summed E-state index contributed by atoms with van der Waals surface area (Å²) >= 11 is 0. The van der Waals surface area contributed by atoms with Gasteiger partial charge >= 0.3 is 0 Å². The van der Waals surface area contributed by atoms with E-state index in [4.69, 9.17) is 0 Å². The summed E-state index contributed by atoms with van der Waals surface area (Å²) < 4.78 is 26.4. The van der Waals surface area contributed by atoms with Gasteiger partial charge in [-0.25, -0.2) is 8.42 Å². The maximum Gasteiger partial charge on any atom is 0.233 e. The largest absolute Gasteiger partial charge is 0.316 e. The summed E-state index contributed by atoms with van der Waals surface area (Å²) in [7, 11) is -3.22. The van der Waals surface area contributed by atoms with Crippen LogP contribution in [0.4, 0.5) is 5.69 Å². The molecule has 4 nitrogen and oxygen atoms in total. The third kappa shape index (κ3) is 3.71. The number of hydrogen-bond donors (Lipinski definition) is 2. The second kappa shape index (κ2) is 5.06. The fourth-order valence-corrected chi connectivity index (χ4v) is 3.49. The molecule has 1 aromatic carbocycles. The standard InChI is InChI=1S/C12H18N2O2S/c1-10-2-4-12(5-3-10)14-17(15,16)9-11-6-7-13-8-11/h2-5,11,13-14H,6-9H2,1H3. The molecular formula is C12H18N2O2S. The molecule has 2 rings (SSSR count). The normalized spacial score (nSPS) is 20.4. The van der Waals surface area contributed by atoms with Crippen molar-refractivity contribution in [2.45, 2.75) is 13.3 Å². The van der Waals surface area contributed by atoms with Crippen LogP contribution in [-0.4, -0.2) is 27.3 Å². The van der Waals surface area contributed by atoms with Crippen LogP contribution in [0.5, 0.6) is 0 Å². The predicted octanol–water partition coefficient (Wildman–Crippen LogP) is 1.35. The Hall–Kier alpha value is -1.07. The summed E-state index contributed by atoms with van der Waals surface area (Å²) in [5.41, 5.74) is 1.76. The van der Waals surface area contributed by atoms with Crippen molar-refractivity contribution >= 4 is 15.7 Å². The van der Waals surface area contributed by atoms with Crippen LogP contribution in [0.3, 0.4) is 0 Å². The van der Waals surface area contributed by atoms with Gasteiger partial charge in [-0.2, -0.15) is 0 Å². The van der Waals surface area contributed by atoms with E-state index in [2.05, 4.69) is 10.0 Å². The van der Waals surface area contributed by atoms with E-state index >= 15 is 0 Å². The first-order chi connectivity index (χ1) is 8.05. The molecule has 1 unspecified atom stereocenters. The first-order valence-electron chi connectivity index (χ1n) is 5.83. The molecule has 17 heavy (non-hydrogen) atoms. The number of sulfonamides is 1. The molecule has 5 heteroatoms. The van der Waals surface area contributed by atoms with Crippen LogP contribution >= 0.6 is 0 Å². The lowest BCUT2D eigenvalue weighted by Gasteiger charge is -2.11. The Morgan fingerprint density at radius 2 is 2.06 bits per heavy atom. The highest BCUT2D eigenvalue weighted by molar-refractivity contribution is 7.92. The average molecular weight is 254 g/mol. The summed E-state index contributed by atoms with van der Waals surface area (Å²) in [4.78, 5) is 0. The SMILES string of the molecule is Cc1ccc(NS(=O)(=O)CC2CCNC2)cc1. The number of nitrogens with one attached hydrogen (secondary N) is 2. The Morgan fingerprint density at radius 3 is 2.65 bits per heavy atom. The highest BCUT2D eigenvalue weighted by atomic mass is 32.2. The summed E-state index contributed by atoms with van der Waals surface area (Å²) in [5, 5.41) is 3.17. The second-order valence-electron chi connectivity index (χ2n) is 4.61. The lowest BCUT2D eigenvalue weighted by molar-refractivity contribution is 0.575. The molecule has 0 aromatic heterocycles. The zero-order valence-corrected chi connectivity index (χ0v) is 10.8. The quantitative estimate of drug-likeness (QED) is 0.852.